The first-order valence-electron chi connectivity index (χ1n) is 6.50. The number of carbonyl (C=O) groups excluding carboxylic acids is 1. The highest BCUT2D eigenvalue weighted by molar-refractivity contribution is 9.10. The summed E-state index contributed by atoms with van der Waals surface area (Å²) >= 11 is 4.97. The van der Waals surface area contributed by atoms with E-state index in [0.29, 0.717) is 5.56 Å². The molecule has 0 spiro atoms. The standard InChI is InChI=1S/C16H11BrN2O2S/c17-13-3-1-2-12(8-13)15-19-14(10-22-15)9-21-16(20)11-4-6-18-7-5-11/h1-8,10H,9H2. The molecular formula is C16H11BrN2O2S. The van der Waals surface area contributed by atoms with Gasteiger partial charge in [-0.3, -0.25) is 4.98 Å². The maximum atomic E-state index is 11.9. The minimum absolute atomic E-state index is 0.158. The number of hydrogen-bond donors (Lipinski definition) is 0. The molecule has 0 atom stereocenters. The first-order valence-corrected chi connectivity index (χ1v) is 8.17. The number of benzene rings is 1. The third-order valence-corrected chi connectivity index (χ3v) is 4.32. The molecule has 2 heterocycles. The van der Waals surface area contributed by atoms with Crippen LogP contribution in [0, 0.1) is 0 Å². The predicted molar refractivity (Wildman–Crippen MR) is 88.6 cm³/mol. The lowest BCUT2D eigenvalue weighted by molar-refractivity contribution is 0.0468. The molecule has 0 fully saturated rings. The van der Waals surface area contributed by atoms with E-state index in [1.54, 1.807) is 24.5 Å². The molecule has 0 amide bonds. The highest BCUT2D eigenvalue weighted by Gasteiger charge is 2.09. The van der Waals surface area contributed by atoms with Gasteiger partial charge >= 0.3 is 5.97 Å². The number of carbonyl (C=O) groups is 1. The summed E-state index contributed by atoms with van der Waals surface area (Å²) in [5.41, 5.74) is 2.26. The summed E-state index contributed by atoms with van der Waals surface area (Å²) in [6, 6.07) is 11.2. The van der Waals surface area contributed by atoms with Crippen LogP contribution < -0.4 is 0 Å². The fourth-order valence-electron chi connectivity index (χ4n) is 1.84. The van der Waals surface area contributed by atoms with Gasteiger partial charge in [0, 0.05) is 27.8 Å². The van der Waals surface area contributed by atoms with Gasteiger partial charge in [-0.2, -0.15) is 0 Å². The van der Waals surface area contributed by atoms with Crippen LogP contribution in [0.3, 0.4) is 0 Å². The van der Waals surface area contributed by atoms with E-state index in [4.69, 9.17) is 4.74 Å². The molecule has 0 N–H and O–H groups in total. The summed E-state index contributed by atoms with van der Waals surface area (Å²) in [6.45, 7) is 0.158. The lowest BCUT2D eigenvalue weighted by atomic mass is 10.2. The van der Waals surface area contributed by atoms with Gasteiger partial charge < -0.3 is 4.74 Å². The van der Waals surface area contributed by atoms with Crippen molar-refractivity contribution in [2.75, 3.05) is 0 Å². The molecular weight excluding hydrogens is 364 g/mol. The molecule has 3 aromatic rings. The minimum Gasteiger partial charge on any atom is -0.456 e. The van der Waals surface area contributed by atoms with E-state index in [9.17, 15) is 4.79 Å². The van der Waals surface area contributed by atoms with E-state index in [-0.39, 0.29) is 12.6 Å². The molecule has 0 radical (unpaired) electrons. The second-order valence-corrected chi connectivity index (χ2v) is 6.24. The van der Waals surface area contributed by atoms with Gasteiger partial charge in [0.05, 0.1) is 11.3 Å². The number of aromatic nitrogens is 2. The van der Waals surface area contributed by atoms with Crippen molar-refractivity contribution in [3.8, 4) is 10.6 Å². The number of nitrogens with zero attached hydrogens (tertiary/aromatic N) is 2. The summed E-state index contributed by atoms with van der Waals surface area (Å²) in [5.74, 6) is -0.376. The second kappa shape index (κ2) is 6.81. The van der Waals surface area contributed by atoms with Crippen molar-refractivity contribution >= 4 is 33.2 Å². The average Bonchev–Trinajstić information content (AvgIpc) is 3.02. The van der Waals surface area contributed by atoms with Crippen LogP contribution in [0.2, 0.25) is 0 Å². The van der Waals surface area contributed by atoms with Crippen molar-refractivity contribution in [3.63, 3.8) is 0 Å². The SMILES string of the molecule is O=C(OCc1csc(-c2cccc(Br)c2)n1)c1ccncc1. The molecule has 6 heteroatoms. The fourth-order valence-corrected chi connectivity index (χ4v) is 3.04. The molecule has 110 valence electrons. The van der Waals surface area contributed by atoms with Crippen LogP contribution in [0.15, 0.2) is 58.6 Å². The van der Waals surface area contributed by atoms with Crippen molar-refractivity contribution in [2.45, 2.75) is 6.61 Å². The molecule has 0 aliphatic rings. The van der Waals surface area contributed by atoms with Gasteiger partial charge in [-0.1, -0.05) is 28.1 Å². The number of thiazole rings is 1. The zero-order valence-corrected chi connectivity index (χ0v) is 13.8. The molecule has 1 aromatic carbocycles. The van der Waals surface area contributed by atoms with Crippen molar-refractivity contribution in [2.24, 2.45) is 0 Å². The largest absolute Gasteiger partial charge is 0.456 e. The predicted octanol–water partition coefficient (Wildman–Crippen LogP) is 4.32. The number of ether oxygens (including phenoxy) is 1. The van der Waals surface area contributed by atoms with Crippen LogP contribution >= 0.6 is 27.3 Å². The number of halogens is 1. The second-order valence-electron chi connectivity index (χ2n) is 4.47. The van der Waals surface area contributed by atoms with E-state index in [2.05, 4.69) is 25.9 Å². The summed E-state index contributed by atoms with van der Waals surface area (Å²) in [7, 11) is 0. The number of esters is 1. The zero-order valence-electron chi connectivity index (χ0n) is 11.4. The molecule has 3 rings (SSSR count). The van der Waals surface area contributed by atoms with E-state index in [0.717, 1.165) is 20.7 Å². The molecule has 0 saturated carbocycles. The van der Waals surface area contributed by atoms with Gasteiger partial charge in [0.1, 0.15) is 11.6 Å². The highest BCUT2D eigenvalue weighted by atomic mass is 79.9. The summed E-state index contributed by atoms with van der Waals surface area (Å²) in [4.78, 5) is 20.2. The Kier molecular flexibility index (Phi) is 4.60. The lowest BCUT2D eigenvalue weighted by Crippen LogP contribution is -2.05. The third kappa shape index (κ3) is 3.58. The zero-order chi connectivity index (χ0) is 15.4. The van der Waals surface area contributed by atoms with E-state index in [1.165, 1.54) is 11.3 Å². The van der Waals surface area contributed by atoms with Crippen LogP contribution in [-0.4, -0.2) is 15.9 Å². The number of rotatable bonds is 4. The molecule has 0 aliphatic carbocycles. The Balaban J connectivity index is 1.66. The summed E-state index contributed by atoms with van der Waals surface area (Å²) in [5, 5.41) is 2.80. The maximum absolute atomic E-state index is 11.9. The molecule has 0 aliphatic heterocycles. The van der Waals surface area contributed by atoms with Crippen molar-refractivity contribution in [3.05, 3.63) is 69.9 Å². The molecule has 0 unspecified atom stereocenters. The quantitative estimate of drug-likeness (QED) is 0.637. The van der Waals surface area contributed by atoms with Crippen LogP contribution in [0.4, 0.5) is 0 Å². The first-order chi connectivity index (χ1) is 10.7. The van der Waals surface area contributed by atoms with Crippen molar-refractivity contribution in [1.82, 2.24) is 9.97 Å². The molecule has 2 aromatic heterocycles. The summed E-state index contributed by atoms with van der Waals surface area (Å²) < 4.78 is 6.26. The highest BCUT2D eigenvalue weighted by Crippen LogP contribution is 2.26. The van der Waals surface area contributed by atoms with Crippen LogP contribution in [-0.2, 0) is 11.3 Å². The smallest absolute Gasteiger partial charge is 0.338 e. The average molecular weight is 375 g/mol. The Morgan fingerprint density at radius 1 is 1.23 bits per heavy atom. The van der Waals surface area contributed by atoms with Gasteiger partial charge in [-0.15, -0.1) is 11.3 Å². The fraction of sp³-hybridized carbons (Fsp3) is 0.0625. The van der Waals surface area contributed by atoms with Gasteiger partial charge in [-0.25, -0.2) is 9.78 Å². The van der Waals surface area contributed by atoms with Crippen LogP contribution in [0.1, 0.15) is 16.1 Å². The first kappa shape index (κ1) is 14.9. The van der Waals surface area contributed by atoms with E-state index < -0.39 is 0 Å². The molecule has 0 bridgehead atoms. The van der Waals surface area contributed by atoms with Gasteiger partial charge in [0.2, 0.25) is 0 Å². The lowest BCUT2D eigenvalue weighted by Gasteiger charge is -2.02. The van der Waals surface area contributed by atoms with Gasteiger partial charge in [-0.05, 0) is 24.3 Å². The Labute approximate surface area is 139 Å². The maximum Gasteiger partial charge on any atom is 0.338 e. The summed E-state index contributed by atoms with van der Waals surface area (Å²) in [6.07, 6.45) is 3.12. The Morgan fingerprint density at radius 2 is 2.05 bits per heavy atom. The monoisotopic (exact) mass is 374 g/mol. The van der Waals surface area contributed by atoms with E-state index >= 15 is 0 Å². The van der Waals surface area contributed by atoms with Crippen molar-refractivity contribution in [1.29, 1.82) is 0 Å². The van der Waals surface area contributed by atoms with E-state index in [1.807, 2.05) is 29.6 Å². The minimum atomic E-state index is -0.376. The Bertz CT molecular complexity index is 790. The molecule has 22 heavy (non-hydrogen) atoms. The normalized spacial score (nSPS) is 10.4. The topological polar surface area (TPSA) is 52.1 Å². The molecule has 0 saturated heterocycles. The van der Waals surface area contributed by atoms with Gasteiger partial charge in [0.15, 0.2) is 0 Å². The molecule has 4 nitrogen and oxygen atoms in total. The van der Waals surface area contributed by atoms with Gasteiger partial charge in [0.25, 0.3) is 0 Å². The number of pyridine rings is 1. The van der Waals surface area contributed by atoms with Crippen molar-refractivity contribution < 1.29 is 9.53 Å². The van der Waals surface area contributed by atoms with Crippen LogP contribution in [0.5, 0.6) is 0 Å². The third-order valence-electron chi connectivity index (χ3n) is 2.89. The number of hydrogen-bond acceptors (Lipinski definition) is 5. The Hall–Kier alpha value is -2.05. The Morgan fingerprint density at radius 3 is 2.82 bits per heavy atom. The van der Waals surface area contributed by atoms with Crippen LogP contribution in [0.25, 0.3) is 10.6 Å².